The van der Waals surface area contributed by atoms with Crippen LogP contribution in [0.1, 0.15) is 70.8 Å². The Morgan fingerprint density at radius 2 is 1.98 bits per heavy atom. The van der Waals surface area contributed by atoms with Crippen molar-refractivity contribution >= 4 is 29.0 Å². The number of fused-ring (bicyclic) bond motifs is 2. The van der Waals surface area contributed by atoms with Gasteiger partial charge >= 0.3 is 5.97 Å². The fourth-order valence-corrected chi connectivity index (χ4v) is 6.57. The largest absolute Gasteiger partial charge is 0.493 e. The molecular formula is C35H42N4O3. The van der Waals surface area contributed by atoms with Gasteiger partial charge in [0.2, 0.25) is 0 Å². The first-order valence-electron chi connectivity index (χ1n) is 14.9. The lowest BCUT2D eigenvalue weighted by atomic mass is 9.93. The van der Waals surface area contributed by atoms with Gasteiger partial charge in [0.05, 0.1) is 17.8 Å². The number of allylic oxidation sites excluding steroid dienone is 1. The number of aryl methyl sites for hydroxylation is 4. The molecule has 1 N–H and O–H groups in total. The average molecular weight is 567 g/mol. The molecule has 0 bridgehead atoms. The second-order valence-electron chi connectivity index (χ2n) is 11.2. The first kappa shape index (κ1) is 29.4. The Kier molecular flexibility index (Phi) is 8.69. The van der Waals surface area contributed by atoms with Gasteiger partial charge in [-0.3, -0.25) is 4.68 Å². The van der Waals surface area contributed by atoms with E-state index in [9.17, 15) is 9.90 Å². The third-order valence-electron chi connectivity index (χ3n) is 8.38. The summed E-state index contributed by atoms with van der Waals surface area (Å²) < 4.78 is 10.3. The predicted octanol–water partition coefficient (Wildman–Crippen LogP) is 7.13. The molecule has 0 aliphatic carbocycles. The van der Waals surface area contributed by atoms with E-state index in [2.05, 4.69) is 49.1 Å². The summed E-state index contributed by atoms with van der Waals surface area (Å²) in [7, 11) is 4.13. The Morgan fingerprint density at radius 3 is 2.69 bits per heavy atom. The maximum absolute atomic E-state index is 12.9. The van der Waals surface area contributed by atoms with E-state index in [-0.39, 0.29) is 0 Å². The first-order valence-corrected chi connectivity index (χ1v) is 14.9. The zero-order valence-electron chi connectivity index (χ0n) is 25.5. The van der Waals surface area contributed by atoms with Gasteiger partial charge in [0, 0.05) is 47.9 Å². The molecule has 7 nitrogen and oxygen atoms in total. The molecule has 0 unspecified atom stereocenters. The summed E-state index contributed by atoms with van der Waals surface area (Å²) in [5.41, 5.74) is 9.95. The van der Waals surface area contributed by atoms with Crippen molar-refractivity contribution in [1.82, 2.24) is 19.2 Å². The van der Waals surface area contributed by atoms with Gasteiger partial charge in [-0.25, -0.2) is 4.79 Å². The summed E-state index contributed by atoms with van der Waals surface area (Å²) in [6.07, 6.45) is 8.86. The highest BCUT2D eigenvalue weighted by Crippen LogP contribution is 2.41. The van der Waals surface area contributed by atoms with Crippen LogP contribution in [0.4, 0.5) is 0 Å². The van der Waals surface area contributed by atoms with Gasteiger partial charge in [0.15, 0.2) is 0 Å². The van der Waals surface area contributed by atoms with Gasteiger partial charge < -0.3 is 19.3 Å². The SMILES string of the molecule is C=Cc1c(/C=C\C)cccc1OCCCc1c(C(=O)O)n2c3c(c(C)ccc13)-c1c(nn(C)c1CC)CN(C)CCC2. The van der Waals surface area contributed by atoms with Gasteiger partial charge in [0.1, 0.15) is 11.4 Å². The quantitative estimate of drug-likeness (QED) is 0.218. The minimum Gasteiger partial charge on any atom is -0.493 e. The van der Waals surface area contributed by atoms with E-state index in [1.807, 2.05) is 55.1 Å². The molecule has 1 aliphatic heterocycles. The van der Waals surface area contributed by atoms with Gasteiger partial charge in [0.25, 0.3) is 0 Å². The van der Waals surface area contributed by atoms with Crippen LogP contribution in [0, 0.1) is 6.92 Å². The van der Waals surface area contributed by atoms with E-state index in [0.717, 1.165) is 81.7 Å². The highest BCUT2D eigenvalue weighted by molar-refractivity contribution is 6.05. The molecule has 220 valence electrons. The molecule has 0 spiro atoms. The number of carboxylic acids is 1. The normalized spacial score (nSPS) is 13.9. The third kappa shape index (κ3) is 5.29. The Bertz CT molecular complexity index is 1670. The van der Waals surface area contributed by atoms with Crippen molar-refractivity contribution in [3.05, 3.63) is 82.3 Å². The molecule has 7 heteroatoms. The standard InChI is InChI=1S/C35H42N4O3/c1-7-13-24-14-10-16-30(25(24)8-2)42-21-11-15-26-27-18-17-23(4)31-32-28(36-38(6)29(32)9-3)22-37(5)19-12-20-39(33(27)31)34(26)35(40)41/h7-8,10,13-14,16-18H,2,9,11-12,15,19-22H2,1,3-6H3,(H,40,41)/b13-7-. The van der Waals surface area contributed by atoms with Crippen molar-refractivity contribution < 1.29 is 14.6 Å². The molecule has 42 heavy (non-hydrogen) atoms. The van der Waals surface area contributed by atoms with Crippen molar-refractivity contribution in [3.63, 3.8) is 0 Å². The van der Waals surface area contributed by atoms with Crippen LogP contribution in [0.5, 0.6) is 5.75 Å². The number of ether oxygens (including phenoxy) is 1. The molecule has 0 amide bonds. The number of nitrogens with zero attached hydrogens (tertiary/aromatic N) is 4. The number of hydrogen-bond donors (Lipinski definition) is 1. The van der Waals surface area contributed by atoms with E-state index in [4.69, 9.17) is 9.84 Å². The smallest absolute Gasteiger partial charge is 0.352 e. The molecule has 0 atom stereocenters. The molecule has 2 aromatic carbocycles. The fraction of sp³-hybridized carbons (Fsp3) is 0.371. The molecule has 0 radical (unpaired) electrons. The molecule has 4 aromatic rings. The Balaban J connectivity index is 1.59. The van der Waals surface area contributed by atoms with Crippen LogP contribution in [-0.4, -0.2) is 50.5 Å². The van der Waals surface area contributed by atoms with Crippen molar-refractivity contribution in [2.24, 2.45) is 7.05 Å². The van der Waals surface area contributed by atoms with E-state index < -0.39 is 5.97 Å². The molecule has 3 heterocycles. The van der Waals surface area contributed by atoms with Crippen LogP contribution in [-0.2, 0) is 33.0 Å². The maximum atomic E-state index is 12.9. The molecular weight excluding hydrogens is 524 g/mol. The molecule has 0 saturated carbocycles. The van der Waals surface area contributed by atoms with Gasteiger partial charge in [-0.2, -0.15) is 5.10 Å². The maximum Gasteiger partial charge on any atom is 0.352 e. The summed E-state index contributed by atoms with van der Waals surface area (Å²) in [6.45, 7) is 13.0. The van der Waals surface area contributed by atoms with Crippen LogP contribution in [0.15, 0.2) is 43.0 Å². The first-order chi connectivity index (χ1) is 20.3. The summed E-state index contributed by atoms with van der Waals surface area (Å²) in [5.74, 6) is -0.0932. The number of rotatable bonds is 9. The highest BCUT2D eigenvalue weighted by Gasteiger charge is 2.29. The van der Waals surface area contributed by atoms with Gasteiger partial charge in [-0.15, -0.1) is 0 Å². The second-order valence-corrected chi connectivity index (χ2v) is 11.2. The summed E-state index contributed by atoms with van der Waals surface area (Å²) in [6, 6.07) is 10.2. The number of hydrogen-bond acceptors (Lipinski definition) is 4. The van der Waals surface area contributed by atoms with Crippen LogP contribution >= 0.6 is 0 Å². The lowest BCUT2D eigenvalue weighted by Gasteiger charge is -2.21. The van der Waals surface area contributed by atoms with E-state index in [0.29, 0.717) is 31.7 Å². The zero-order valence-corrected chi connectivity index (χ0v) is 25.5. The lowest BCUT2D eigenvalue weighted by molar-refractivity contribution is 0.0684. The van der Waals surface area contributed by atoms with Crippen molar-refractivity contribution in [3.8, 4) is 16.9 Å². The zero-order chi connectivity index (χ0) is 30.0. The minimum absolute atomic E-state index is 0.394. The van der Waals surface area contributed by atoms with E-state index in [1.54, 1.807) is 0 Å². The van der Waals surface area contributed by atoms with Crippen molar-refractivity contribution in [2.45, 2.75) is 59.5 Å². The Labute approximate surface area is 248 Å². The number of aromatic nitrogens is 3. The Morgan fingerprint density at radius 1 is 1.17 bits per heavy atom. The van der Waals surface area contributed by atoms with Crippen LogP contribution < -0.4 is 4.74 Å². The Hall–Kier alpha value is -4.10. The number of carboxylic acid groups (broad SMARTS) is 1. The number of benzene rings is 2. The van der Waals surface area contributed by atoms with Gasteiger partial charge in [-0.05, 0) is 75.9 Å². The van der Waals surface area contributed by atoms with Crippen LogP contribution in [0.25, 0.3) is 34.2 Å². The lowest BCUT2D eigenvalue weighted by Crippen LogP contribution is -2.23. The van der Waals surface area contributed by atoms with Crippen LogP contribution in [0.3, 0.4) is 0 Å². The van der Waals surface area contributed by atoms with E-state index in [1.165, 1.54) is 5.69 Å². The van der Waals surface area contributed by atoms with Gasteiger partial charge in [-0.1, -0.05) is 56.0 Å². The number of carbonyl (C=O) groups is 1. The molecule has 0 fully saturated rings. The summed E-state index contributed by atoms with van der Waals surface area (Å²) in [4.78, 5) is 15.2. The van der Waals surface area contributed by atoms with Crippen LogP contribution in [0.2, 0.25) is 0 Å². The summed E-state index contributed by atoms with van der Waals surface area (Å²) in [5, 5.41) is 16.6. The van der Waals surface area contributed by atoms with E-state index >= 15 is 0 Å². The highest BCUT2D eigenvalue weighted by atomic mass is 16.5. The monoisotopic (exact) mass is 566 g/mol. The predicted molar refractivity (Wildman–Crippen MR) is 171 cm³/mol. The second kappa shape index (κ2) is 12.4. The molecule has 1 aliphatic rings. The van der Waals surface area contributed by atoms with Crippen molar-refractivity contribution in [1.29, 1.82) is 0 Å². The fourth-order valence-electron chi connectivity index (χ4n) is 6.57. The third-order valence-corrected chi connectivity index (χ3v) is 8.38. The minimum atomic E-state index is -0.883. The molecule has 0 saturated heterocycles. The molecule has 5 rings (SSSR count). The number of aromatic carboxylic acids is 1. The average Bonchev–Trinajstić information content (AvgIpc) is 3.44. The molecule has 2 aromatic heterocycles. The topological polar surface area (TPSA) is 72.5 Å². The summed E-state index contributed by atoms with van der Waals surface area (Å²) >= 11 is 0. The van der Waals surface area contributed by atoms with Crippen molar-refractivity contribution in [2.75, 3.05) is 20.2 Å².